The quantitative estimate of drug-likeness (QED) is 0.846. The minimum Gasteiger partial charge on any atom is -0.366 e. The third-order valence-electron chi connectivity index (χ3n) is 4.25. The largest absolute Gasteiger partial charge is 0.366 e. The highest BCUT2D eigenvalue weighted by Crippen LogP contribution is 2.48. The fourth-order valence-corrected chi connectivity index (χ4v) is 2.99. The normalized spacial score (nSPS) is 15.0. The molecular weight excluding hydrogens is 356 g/mol. The maximum atomic E-state index is 12.6. The summed E-state index contributed by atoms with van der Waals surface area (Å²) in [6, 6.07) is 14.9. The first kappa shape index (κ1) is 15.7. The number of carbonyl (C=O) groups excluding carboxylic acids is 2. The molecular formula is C18H17BrN2O2. The third-order valence-corrected chi connectivity index (χ3v) is 4.77. The molecule has 0 aromatic heterocycles. The van der Waals surface area contributed by atoms with Gasteiger partial charge < -0.3 is 11.1 Å². The molecule has 1 saturated carbocycles. The summed E-state index contributed by atoms with van der Waals surface area (Å²) in [5.74, 6) is -0.434. The van der Waals surface area contributed by atoms with Crippen molar-refractivity contribution in [1.29, 1.82) is 0 Å². The van der Waals surface area contributed by atoms with Crippen molar-refractivity contribution in [3.8, 4) is 0 Å². The lowest BCUT2D eigenvalue weighted by molar-refractivity contribution is -0.123. The molecule has 0 radical (unpaired) electrons. The Kier molecular flexibility index (Phi) is 4.22. The monoisotopic (exact) mass is 372 g/mol. The van der Waals surface area contributed by atoms with E-state index in [1.165, 1.54) is 0 Å². The van der Waals surface area contributed by atoms with Gasteiger partial charge in [0, 0.05) is 16.6 Å². The number of primary amides is 1. The van der Waals surface area contributed by atoms with Gasteiger partial charge in [0.05, 0.1) is 5.41 Å². The van der Waals surface area contributed by atoms with Crippen molar-refractivity contribution in [2.24, 2.45) is 5.73 Å². The lowest BCUT2D eigenvalue weighted by Crippen LogP contribution is -2.34. The van der Waals surface area contributed by atoms with Crippen LogP contribution in [0.2, 0.25) is 0 Å². The molecule has 0 saturated heterocycles. The lowest BCUT2D eigenvalue weighted by Gasteiger charge is -2.16. The average molecular weight is 373 g/mol. The van der Waals surface area contributed by atoms with Gasteiger partial charge >= 0.3 is 0 Å². The highest BCUT2D eigenvalue weighted by molar-refractivity contribution is 9.10. The molecule has 0 spiro atoms. The number of benzene rings is 2. The molecule has 0 bridgehead atoms. The molecule has 3 rings (SSSR count). The molecule has 3 N–H and O–H groups in total. The van der Waals surface area contributed by atoms with Crippen LogP contribution in [0.15, 0.2) is 53.0 Å². The molecule has 23 heavy (non-hydrogen) atoms. The second-order valence-corrected chi connectivity index (χ2v) is 6.75. The molecule has 2 aromatic carbocycles. The summed E-state index contributed by atoms with van der Waals surface area (Å²) in [6.07, 6.45) is 1.73. The third kappa shape index (κ3) is 3.29. The van der Waals surface area contributed by atoms with Crippen LogP contribution in [0.1, 0.15) is 34.3 Å². The number of hydrogen-bond acceptors (Lipinski definition) is 2. The predicted octanol–water partition coefficient (Wildman–Crippen LogP) is 2.90. The summed E-state index contributed by atoms with van der Waals surface area (Å²) in [7, 11) is 0. The number of amides is 2. The minimum atomic E-state index is -0.466. The van der Waals surface area contributed by atoms with Crippen molar-refractivity contribution < 1.29 is 9.59 Å². The summed E-state index contributed by atoms with van der Waals surface area (Å²) >= 11 is 3.41. The van der Waals surface area contributed by atoms with Crippen LogP contribution >= 0.6 is 15.9 Å². The van der Waals surface area contributed by atoms with Crippen LogP contribution in [-0.4, -0.2) is 11.8 Å². The Hall–Kier alpha value is -2.14. The number of carbonyl (C=O) groups is 2. The number of rotatable bonds is 5. The van der Waals surface area contributed by atoms with Crippen LogP contribution in [-0.2, 0) is 16.8 Å². The lowest BCUT2D eigenvalue weighted by atomic mass is 9.95. The topological polar surface area (TPSA) is 72.2 Å². The van der Waals surface area contributed by atoms with E-state index in [0.717, 1.165) is 28.4 Å². The van der Waals surface area contributed by atoms with E-state index < -0.39 is 11.3 Å². The summed E-state index contributed by atoms with van der Waals surface area (Å²) in [5, 5.41) is 2.98. The van der Waals surface area contributed by atoms with Crippen LogP contribution in [0, 0.1) is 0 Å². The Morgan fingerprint density at radius 2 is 1.83 bits per heavy atom. The zero-order chi connectivity index (χ0) is 16.4. The van der Waals surface area contributed by atoms with Crippen LogP contribution < -0.4 is 11.1 Å². The SMILES string of the molecule is NC(=O)c1cccc(CNC(=O)C2(c3ccc(Br)cc3)CC2)c1. The average Bonchev–Trinajstić information content (AvgIpc) is 3.35. The van der Waals surface area contributed by atoms with Crippen molar-refractivity contribution in [2.75, 3.05) is 0 Å². The van der Waals surface area contributed by atoms with Crippen LogP contribution in [0.4, 0.5) is 0 Å². The molecule has 1 aliphatic carbocycles. The second-order valence-electron chi connectivity index (χ2n) is 5.84. The molecule has 5 heteroatoms. The molecule has 0 aliphatic heterocycles. The van der Waals surface area contributed by atoms with Crippen LogP contribution in [0.3, 0.4) is 0 Å². The molecule has 118 valence electrons. The fraction of sp³-hybridized carbons (Fsp3) is 0.222. The van der Waals surface area contributed by atoms with Gasteiger partial charge in [0.1, 0.15) is 0 Å². The van der Waals surface area contributed by atoms with Gasteiger partial charge in [0.15, 0.2) is 0 Å². The number of nitrogens with one attached hydrogen (secondary N) is 1. The Bertz CT molecular complexity index is 752. The molecule has 1 fully saturated rings. The van der Waals surface area contributed by atoms with Crippen molar-refractivity contribution >= 4 is 27.7 Å². The number of nitrogens with two attached hydrogens (primary N) is 1. The Labute approximate surface area is 143 Å². The zero-order valence-corrected chi connectivity index (χ0v) is 14.1. The van der Waals surface area contributed by atoms with E-state index in [0.29, 0.717) is 12.1 Å². The van der Waals surface area contributed by atoms with Crippen LogP contribution in [0.25, 0.3) is 0 Å². The van der Waals surface area contributed by atoms with E-state index in [4.69, 9.17) is 5.73 Å². The molecule has 0 atom stereocenters. The molecule has 0 heterocycles. The van der Waals surface area contributed by atoms with E-state index in [-0.39, 0.29) is 5.91 Å². The maximum absolute atomic E-state index is 12.6. The molecule has 1 aliphatic rings. The van der Waals surface area contributed by atoms with E-state index in [1.54, 1.807) is 18.2 Å². The van der Waals surface area contributed by atoms with Crippen molar-refractivity contribution in [3.05, 3.63) is 69.7 Å². The van der Waals surface area contributed by atoms with E-state index in [1.807, 2.05) is 30.3 Å². The van der Waals surface area contributed by atoms with E-state index in [2.05, 4.69) is 21.2 Å². The Balaban J connectivity index is 1.69. The van der Waals surface area contributed by atoms with Gasteiger partial charge in [0.25, 0.3) is 0 Å². The molecule has 2 amide bonds. The minimum absolute atomic E-state index is 0.0318. The van der Waals surface area contributed by atoms with Crippen molar-refractivity contribution in [1.82, 2.24) is 5.32 Å². The highest BCUT2D eigenvalue weighted by atomic mass is 79.9. The van der Waals surface area contributed by atoms with E-state index in [9.17, 15) is 9.59 Å². The molecule has 0 unspecified atom stereocenters. The number of halogens is 1. The van der Waals surface area contributed by atoms with Gasteiger partial charge in [0.2, 0.25) is 11.8 Å². The van der Waals surface area contributed by atoms with Gasteiger partial charge in [-0.3, -0.25) is 9.59 Å². The van der Waals surface area contributed by atoms with Gasteiger partial charge in [-0.05, 0) is 48.2 Å². The van der Waals surface area contributed by atoms with Crippen molar-refractivity contribution in [2.45, 2.75) is 24.8 Å². The molecule has 2 aromatic rings. The first-order chi connectivity index (χ1) is 11.0. The smallest absolute Gasteiger partial charge is 0.248 e. The van der Waals surface area contributed by atoms with Crippen molar-refractivity contribution in [3.63, 3.8) is 0 Å². The van der Waals surface area contributed by atoms with Gasteiger partial charge in [-0.25, -0.2) is 0 Å². The number of hydrogen-bond donors (Lipinski definition) is 2. The standard InChI is InChI=1S/C18H17BrN2O2/c19-15-6-4-14(5-7-15)18(8-9-18)17(23)21-11-12-2-1-3-13(10-12)16(20)22/h1-7,10H,8-9,11H2,(H2,20,22)(H,21,23). The second kappa shape index (κ2) is 6.16. The first-order valence-electron chi connectivity index (χ1n) is 7.44. The summed E-state index contributed by atoms with van der Waals surface area (Å²) in [6.45, 7) is 0.387. The first-order valence-corrected chi connectivity index (χ1v) is 8.24. The summed E-state index contributed by atoms with van der Waals surface area (Å²) in [4.78, 5) is 23.8. The fourth-order valence-electron chi connectivity index (χ4n) is 2.73. The highest BCUT2D eigenvalue weighted by Gasteiger charge is 2.50. The zero-order valence-electron chi connectivity index (χ0n) is 12.5. The van der Waals surface area contributed by atoms with Crippen LogP contribution in [0.5, 0.6) is 0 Å². The van der Waals surface area contributed by atoms with Gasteiger partial charge in [-0.15, -0.1) is 0 Å². The predicted molar refractivity (Wildman–Crippen MR) is 91.9 cm³/mol. The maximum Gasteiger partial charge on any atom is 0.248 e. The Morgan fingerprint density at radius 1 is 1.13 bits per heavy atom. The van der Waals surface area contributed by atoms with Gasteiger partial charge in [-0.1, -0.05) is 40.2 Å². The molecule has 4 nitrogen and oxygen atoms in total. The summed E-state index contributed by atoms with van der Waals surface area (Å²) < 4.78 is 1.00. The van der Waals surface area contributed by atoms with E-state index >= 15 is 0 Å². The van der Waals surface area contributed by atoms with Gasteiger partial charge in [-0.2, -0.15) is 0 Å². The summed E-state index contributed by atoms with van der Waals surface area (Å²) in [5.41, 5.74) is 7.23. The Morgan fingerprint density at radius 3 is 2.43 bits per heavy atom.